The fourth-order valence-corrected chi connectivity index (χ4v) is 4.45. The number of rotatable bonds is 4. The number of pyridine rings is 1. The molecule has 0 fully saturated rings. The maximum absolute atomic E-state index is 13.4. The van der Waals surface area contributed by atoms with E-state index >= 15 is 0 Å². The number of nitrogens with one attached hydrogen (secondary N) is 3. The van der Waals surface area contributed by atoms with Crippen LogP contribution in [0.1, 0.15) is 27.8 Å². The zero-order valence-corrected chi connectivity index (χ0v) is 21.3. The average molecular weight is 607 g/mol. The van der Waals surface area contributed by atoms with Gasteiger partial charge in [0.25, 0.3) is 11.8 Å². The lowest BCUT2D eigenvalue weighted by Gasteiger charge is -2.16. The summed E-state index contributed by atoms with van der Waals surface area (Å²) in [5.74, 6) is -1.36. The predicted molar refractivity (Wildman–Crippen MR) is 135 cm³/mol. The number of nitrogens with zero attached hydrogens (tertiary/aromatic N) is 3. The van der Waals surface area contributed by atoms with Gasteiger partial charge in [0, 0.05) is 23.7 Å². The monoisotopic (exact) mass is 604 g/mol. The van der Waals surface area contributed by atoms with Gasteiger partial charge in [0.1, 0.15) is 10.3 Å². The Morgan fingerprint density at radius 1 is 1.00 bits per heavy atom. The minimum Gasteiger partial charge on any atom is -0.319 e. The van der Waals surface area contributed by atoms with Gasteiger partial charge in [-0.1, -0.05) is 35.9 Å². The van der Waals surface area contributed by atoms with Crippen molar-refractivity contribution in [3.8, 4) is 5.82 Å². The standard InChI is InChI=1S/C22H15Br2ClN6O3/c1-11(32)28-29-21(33)14-9-12-5-2-3-6-13(12)18(24)19(14)27-22(34)16-10-17(23)30-31(16)20-15(25)7-4-8-26-20/h2-10H,1H3,(H,27,34)(H,28,32)(H,29,33). The number of hydrogen-bond acceptors (Lipinski definition) is 5. The molecule has 4 rings (SSSR count). The largest absolute Gasteiger partial charge is 0.319 e. The zero-order chi connectivity index (χ0) is 24.4. The minimum absolute atomic E-state index is 0.126. The summed E-state index contributed by atoms with van der Waals surface area (Å²) in [6.07, 6.45) is 1.53. The van der Waals surface area contributed by atoms with Crippen LogP contribution in [0.5, 0.6) is 0 Å². The van der Waals surface area contributed by atoms with Gasteiger partial charge in [-0.05, 0) is 60.8 Å². The number of hydrogen-bond donors (Lipinski definition) is 3. The van der Waals surface area contributed by atoms with Crippen LogP contribution in [0.3, 0.4) is 0 Å². The van der Waals surface area contributed by atoms with Gasteiger partial charge in [0.15, 0.2) is 5.82 Å². The molecule has 3 amide bonds. The lowest BCUT2D eigenvalue weighted by atomic mass is 10.0. The molecule has 2 heterocycles. The third kappa shape index (κ3) is 4.81. The summed E-state index contributed by atoms with van der Waals surface area (Å²) < 4.78 is 2.18. The molecule has 2 aromatic heterocycles. The van der Waals surface area contributed by atoms with Crippen molar-refractivity contribution in [3.63, 3.8) is 0 Å². The molecule has 0 aliphatic heterocycles. The van der Waals surface area contributed by atoms with Crippen LogP contribution in [0, 0.1) is 0 Å². The number of anilines is 1. The molecule has 0 atom stereocenters. The molecule has 12 heteroatoms. The Hall–Kier alpha value is -3.28. The lowest BCUT2D eigenvalue weighted by molar-refractivity contribution is -0.119. The number of amides is 3. The number of fused-ring (bicyclic) bond motifs is 1. The van der Waals surface area contributed by atoms with Gasteiger partial charge in [0.2, 0.25) is 5.91 Å². The van der Waals surface area contributed by atoms with E-state index in [0.29, 0.717) is 14.1 Å². The van der Waals surface area contributed by atoms with E-state index in [2.05, 4.69) is 58.1 Å². The van der Waals surface area contributed by atoms with E-state index in [4.69, 9.17) is 11.6 Å². The molecule has 0 saturated heterocycles. The predicted octanol–water partition coefficient (Wildman–Crippen LogP) is 4.63. The van der Waals surface area contributed by atoms with Crippen molar-refractivity contribution < 1.29 is 14.4 Å². The molecule has 3 N–H and O–H groups in total. The molecule has 172 valence electrons. The molecule has 2 aromatic carbocycles. The van der Waals surface area contributed by atoms with E-state index in [0.717, 1.165) is 10.8 Å². The van der Waals surface area contributed by atoms with Gasteiger partial charge in [0.05, 0.1) is 16.3 Å². The Balaban J connectivity index is 1.79. The number of carbonyl (C=O) groups excluding carboxylic acids is 3. The molecule has 0 unspecified atom stereocenters. The molecule has 0 spiro atoms. The molecular formula is C22H15Br2ClN6O3. The normalized spacial score (nSPS) is 10.7. The summed E-state index contributed by atoms with van der Waals surface area (Å²) in [5, 5.41) is 8.89. The molecular weight excluding hydrogens is 592 g/mol. The van der Waals surface area contributed by atoms with Crippen LogP contribution < -0.4 is 16.2 Å². The van der Waals surface area contributed by atoms with Crippen molar-refractivity contribution in [3.05, 3.63) is 80.1 Å². The summed E-state index contributed by atoms with van der Waals surface area (Å²) in [6, 6.07) is 13.8. The van der Waals surface area contributed by atoms with Crippen molar-refractivity contribution >= 4 is 77.6 Å². The highest BCUT2D eigenvalue weighted by atomic mass is 79.9. The van der Waals surface area contributed by atoms with Crippen molar-refractivity contribution in [2.24, 2.45) is 0 Å². The van der Waals surface area contributed by atoms with E-state index in [1.54, 1.807) is 18.2 Å². The molecule has 9 nitrogen and oxygen atoms in total. The van der Waals surface area contributed by atoms with Gasteiger partial charge in [-0.25, -0.2) is 9.67 Å². The number of aromatic nitrogens is 3. The van der Waals surface area contributed by atoms with Crippen molar-refractivity contribution in [2.45, 2.75) is 6.92 Å². The molecule has 0 bridgehead atoms. The summed E-state index contributed by atoms with van der Waals surface area (Å²) in [5.41, 5.74) is 5.05. The Morgan fingerprint density at radius 3 is 2.50 bits per heavy atom. The first-order chi connectivity index (χ1) is 16.3. The highest BCUT2D eigenvalue weighted by Crippen LogP contribution is 2.35. The first-order valence-corrected chi connectivity index (χ1v) is 11.7. The minimum atomic E-state index is -0.612. The fourth-order valence-electron chi connectivity index (χ4n) is 3.20. The van der Waals surface area contributed by atoms with Gasteiger partial charge in [-0.15, -0.1) is 0 Å². The number of halogens is 3. The maximum atomic E-state index is 13.4. The summed E-state index contributed by atoms with van der Waals surface area (Å²) in [4.78, 5) is 41.7. The molecule has 0 radical (unpaired) electrons. The highest BCUT2D eigenvalue weighted by Gasteiger charge is 2.23. The van der Waals surface area contributed by atoms with Gasteiger partial charge >= 0.3 is 0 Å². The van der Waals surface area contributed by atoms with Crippen LogP contribution in [-0.4, -0.2) is 32.5 Å². The van der Waals surface area contributed by atoms with Crippen LogP contribution in [0.15, 0.2) is 63.8 Å². The van der Waals surface area contributed by atoms with Crippen molar-refractivity contribution in [1.82, 2.24) is 25.6 Å². The number of benzene rings is 2. The zero-order valence-electron chi connectivity index (χ0n) is 17.4. The third-order valence-corrected chi connectivity index (χ3v) is 6.18. The summed E-state index contributed by atoms with van der Waals surface area (Å²) in [6.45, 7) is 1.26. The lowest BCUT2D eigenvalue weighted by Crippen LogP contribution is -2.40. The van der Waals surface area contributed by atoms with Gasteiger partial charge < -0.3 is 5.32 Å². The second-order valence-electron chi connectivity index (χ2n) is 7.00. The second kappa shape index (κ2) is 9.92. The quantitative estimate of drug-likeness (QED) is 0.293. The average Bonchev–Trinajstić information content (AvgIpc) is 3.21. The molecule has 0 saturated carbocycles. The number of carbonyl (C=O) groups is 3. The Labute approximate surface area is 215 Å². The maximum Gasteiger partial charge on any atom is 0.274 e. The molecule has 34 heavy (non-hydrogen) atoms. The van der Waals surface area contributed by atoms with Gasteiger partial charge in [-0.3, -0.25) is 25.2 Å². The van der Waals surface area contributed by atoms with Crippen LogP contribution in [-0.2, 0) is 4.79 Å². The van der Waals surface area contributed by atoms with Crippen LogP contribution in [0.2, 0.25) is 5.02 Å². The SMILES string of the molecule is CC(=O)NNC(=O)c1cc2ccccc2c(Br)c1NC(=O)c1cc(Br)nn1-c1ncccc1Cl. The van der Waals surface area contributed by atoms with Crippen LogP contribution in [0.25, 0.3) is 16.6 Å². The fraction of sp³-hybridized carbons (Fsp3) is 0.0455. The van der Waals surface area contributed by atoms with Crippen LogP contribution >= 0.6 is 43.5 Å². The Kier molecular flexibility index (Phi) is 6.96. The second-order valence-corrected chi connectivity index (χ2v) is 9.01. The highest BCUT2D eigenvalue weighted by molar-refractivity contribution is 9.11. The summed E-state index contributed by atoms with van der Waals surface area (Å²) >= 11 is 13.1. The van der Waals surface area contributed by atoms with E-state index in [-0.39, 0.29) is 22.8 Å². The van der Waals surface area contributed by atoms with Gasteiger partial charge in [-0.2, -0.15) is 5.10 Å². The topological polar surface area (TPSA) is 118 Å². The van der Waals surface area contributed by atoms with E-state index in [1.807, 2.05) is 24.3 Å². The Bertz CT molecular complexity index is 1460. The summed E-state index contributed by atoms with van der Waals surface area (Å²) in [7, 11) is 0. The smallest absolute Gasteiger partial charge is 0.274 e. The molecule has 0 aliphatic carbocycles. The molecule has 4 aromatic rings. The third-order valence-electron chi connectivity index (χ3n) is 4.67. The van der Waals surface area contributed by atoms with Crippen molar-refractivity contribution in [2.75, 3.05) is 5.32 Å². The van der Waals surface area contributed by atoms with E-state index in [9.17, 15) is 14.4 Å². The van der Waals surface area contributed by atoms with Crippen LogP contribution in [0.4, 0.5) is 5.69 Å². The molecule has 0 aliphatic rings. The first kappa shape index (κ1) is 23.9. The van der Waals surface area contributed by atoms with Crippen molar-refractivity contribution in [1.29, 1.82) is 0 Å². The number of hydrazine groups is 1. The van der Waals surface area contributed by atoms with E-state index in [1.165, 1.54) is 23.9 Å². The Morgan fingerprint density at radius 2 is 1.76 bits per heavy atom. The van der Waals surface area contributed by atoms with E-state index < -0.39 is 17.7 Å². The first-order valence-electron chi connectivity index (χ1n) is 9.72.